The maximum Gasteiger partial charge on any atom is 0.171 e. The average molecular weight is 212 g/mol. The Morgan fingerprint density at radius 2 is 1.69 bits per heavy atom. The smallest absolute Gasteiger partial charge is 0.171 e. The van der Waals surface area contributed by atoms with Crippen molar-refractivity contribution in [3.05, 3.63) is 34.5 Å². The largest absolute Gasteiger partial charge is 0.245 e. The van der Waals surface area contributed by atoms with E-state index >= 15 is 0 Å². The Balaban J connectivity index is 5.10. The molecule has 0 heterocycles. The van der Waals surface area contributed by atoms with Crippen LogP contribution in [0.5, 0.6) is 0 Å². The number of hydrogen-bond donors (Lipinski definition) is 1. The molecule has 0 nitrogen and oxygen atoms in total. The monoisotopic (exact) mass is 212 g/mol. The van der Waals surface area contributed by atoms with Gasteiger partial charge in [-0.05, 0) is 6.92 Å². The van der Waals surface area contributed by atoms with Crippen molar-refractivity contribution in [2.45, 2.75) is 6.92 Å². The fraction of sp³-hybridized carbons (Fsp3) is 0.250. The molecule has 5 heteroatoms. The summed E-state index contributed by atoms with van der Waals surface area (Å²) in [6.07, 6.45) is 0. The van der Waals surface area contributed by atoms with Crippen molar-refractivity contribution in [2.24, 2.45) is 0 Å². The second-order valence-corrected chi connectivity index (χ2v) is 2.78. The first kappa shape index (κ1) is 12.3. The van der Waals surface area contributed by atoms with Crippen LogP contribution in [-0.4, -0.2) is 6.67 Å². The van der Waals surface area contributed by atoms with Gasteiger partial charge >= 0.3 is 0 Å². The van der Waals surface area contributed by atoms with Crippen molar-refractivity contribution < 1.29 is 17.6 Å². The molecule has 0 saturated heterocycles. The van der Waals surface area contributed by atoms with E-state index in [4.69, 9.17) is 0 Å². The van der Waals surface area contributed by atoms with Crippen molar-refractivity contribution >= 4 is 12.6 Å². The summed E-state index contributed by atoms with van der Waals surface area (Å²) in [6.45, 7) is 2.53. The van der Waals surface area contributed by atoms with Gasteiger partial charge in [-0.3, -0.25) is 0 Å². The van der Waals surface area contributed by atoms with Crippen LogP contribution in [0.2, 0.25) is 0 Å². The Kier molecular flexibility index (Phi) is 4.83. The highest BCUT2D eigenvalue weighted by Crippen LogP contribution is 2.26. The summed E-state index contributed by atoms with van der Waals surface area (Å²) in [6, 6.07) is 0. The highest BCUT2D eigenvalue weighted by molar-refractivity contribution is 7.84. The molecule has 13 heavy (non-hydrogen) atoms. The van der Waals surface area contributed by atoms with Crippen LogP contribution in [0.1, 0.15) is 6.92 Å². The maximum atomic E-state index is 12.8. The van der Waals surface area contributed by atoms with Gasteiger partial charge < -0.3 is 0 Å². The minimum atomic E-state index is -1.50. The van der Waals surface area contributed by atoms with Gasteiger partial charge in [-0.25, -0.2) is 17.6 Å². The van der Waals surface area contributed by atoms with E-state index in [0.717, 1.165) is 6.92 Å². The van der Waals surface area contributed by atoms with Crippen LogP contribution in [0.15, 0.2) is 34.5 Å². The number of rotatable bonds is 3. The second-order valence-electron chi connectivity index (χ2n) is 2.24. The first-order valence-electron chi connectivity index (χ1n) is 3.26. The lowest BCUT2D eigenvalue weighted by molar-refractivity contribution is 0.503. The molecule has 0 unspecified atom stereocenters. The quantitative estimate of drug-likeness (QED) is 0.410. The summed E-state index contributed by atoms with van der Waals surface area (Å²) in [4.78, 5) is -0.710. The van der Waals surface area contributed by atoms with Gasteiger partial charge in [0.1, 0.15) is 12.5 Å². The molecule has 0 aliphatic rings. The average Bonchev–Trinajstić information content (AvgIpc) is 2.12. The number of thiol groups is 1. The maximum absolute atomic E-state index is 12.8. The third kappa shape index (κ3) is 3.26. The molecule has 0 fully saturated rings. The Morgan fingerprint density at radius 3 is 2.00 bits per heavy atom. The summed E-state index contributed by atoms with van der Waals surface area (Å²) >= 11 is 3.33. The third-order valence-corrected chi connectivity index (χ3v) is 1.62. The minimum absolute atomic E-state index is 0.600. The Labute approximate surface area is 79.0 Å². The van der Waals surface area contributed by atoms with E-state index in [2.05, 4.69) is 19.2 Å². The van der Waals surface area contributed by atoms with Crippen molar-refractivity contribution in [3.8, 4) is 0 Å². The molecule has 0 rings (SSSR count). The summed E-state index contributed by atoms with van der Waals surface area (Å²) in [5.41, 5.74) is -0.600. The summed E-state index contributed by atoms with van der Waals surface area (Å²) < 4.78 is 49.6. The zero-order valence-electron chi connectivity index (χ0n) is 6.87. The van der Waals surface area contributed by atoms with Gasteiger partial charge in [0.2, 0.25) is 0 Å². The van der Waals surface area contributed by atoms with Crippen LogP contribution in [0.4, 0.5) is 17.6 Å². The molecular weight excluding hydrogens is 204 g/mol. The fourth-order valence-electron chi connectivity index (χ4n) is 0.469. The Bertz CT molecular complexity index is 278. The Morgan fingerprint density at radius 1 is 1.23 bits per heavy atom. The van der Waals surface area contributed by atoms with Crippen LogP contribution >= 0.6 is 12.6 Å². The second kappa shape index (κ2) is 5.11. The van der Waals surface area contributed by atoms with E-state index in [-0.39, 0.29) is 0 Å². The van der Waals surface area contributed by atoms with Crippen LogP contribution in [0.3, 0.4) is 0 Å². The predicted octanol–water partition coefficient (Wildman–Crippen LogP) is 3.79. The van der Waals surface area contributed by atoms with Gasteiger partial charge in [0.25, 0.3) is 0 Å². The summed E-state index contributed by atoms with van der Waals surface area (Å²) in [5.74, 6) is -4.08. The van der Waals surface area contributed by atoms with Gasteiger partial charge in [0.15, 0.2) is 11.7 Å². The number of hydrogen-bond acceptors (Lipinski definition) is 1. The molecule has 0 amide bonds. The number of halogens is 4. The third-order valence-electron chi connectivity index (χ3n) is 1.31. The molecule has 0 aromatic rings. The topological polar surface area (TPSA) is 0 Å². The lowest BCUT2D eigenvalue weighted by atomic mass is 10.2. The van der Waals surface area contributed by atoms with E-state index in [9.17, 15) is 17.6 Å². The zero-order chi connectivity index (χ0) is 10.6. The molecule has 0 aromatic heterocycles. The van der Waals surface area contributed by atoms with Gasteiger partial charge in [-0.1, -0.05) is 6.58 Å². The van der Waals surface area contributed by atoms with Crippen molar-refractivity contribution in [1.29, 1.82) is 0 Å². The molecule has 0 bridgehead atoms. The summed E-state index contributed by atoms with van der Waals surface area (Å²) in [5, 5.41) is 0. The van der Waals surface area contributed by atoms with Gasteiger partial charge in [0.05, 0.1) is 4.91 Å². The first-order valence-corrected chi connectivity index (χ1v) is 3.71. The van der Waals surface area contributed by atoms with E-state index in [1.165, 1.54) is 0 Å². The lowest BCUT2D eigenvalue weighted by Crippen LogP contribution is -1.88. The van der Waals surface area contributed by atoms with E-state index in [1.807, 2.05) is 0 Å². The van der Waals surface area contributed by atoms with Crippen LogP contribution in [0, 0.1) is 0 Å². The standard InChI is InChI=1S/C8H8F4S/c1-4(5(2)10)7(11)8(12)6(13)3-9/h13H,2-3H2,1H3/b7-4+,8-6-. The van der Waals surface area contributed by atoms with Crippen LogP contribution < -0.4 is 0 Å². The zero-order valence-corrected chi connectivity index (χ0v) is 7.77. The normalized spacial score (nSPS) is 14.9. The lowest BCUT2D eigenvalue weighted by Gasteiger charge is -2.00. The first-order chi connectivity index (χ1) is 5.91. The summed E-state index contributed by atoms with van der Waals surface area (Å²) in [7, 11) is 0. The van der Waals surface area contributed by atoms with Crippen molar-refractivity contribution in [2.75, 3.05) is 6.67 Å². The number of allylic oxidation sites excluding steroid dienone is 5. The SMILES string of the molecule is C=C(F)/C(C)=C(F)\C(F)=C(\S)CF. The molecule has 0 spiro atoms. The van der Waals surface area contributed by atoms with Gasteiger partial charge in [0, 0.05) is 5.57 Å². The molecule has 0 aliphatic carbocycles. The van der Waals surface area contributed by atoms with E-state index < -0.39 is 34.6 Å². The molecule has 0 radical (unpaired) electrons. The van der Waals surface area contributed by atoms with E-state index in [0.29, 0.717) is 0 Å². The van der Waals surface area contributed by atoms with Crippen LogP contribution in [0.25, 0.3) is 0 Å². The molecule has 0 atom stereocenters. The molecule has 0 N–H and O–H groups in total. The van der Waals surface area contributed by atoms with Crippen molar-refractivity contribution in [1.82, 2.24) is 0 Å². The van der Waals surface area contributed by atoms with Crippen molar-refractivity contribution in [3.63, 3.8) is 0 Å². The minimum Gasteiger partial charge on any atom is -0.245 e. The van der Waals surface area contributed by atoms with Gasteiger partial charge in [-0.15, -0.1) is 12.6 Å². The van der Waals surface area contributed by atoms with Crippen LogP contribution in [-0.2, 0) is 0 Å². The molecule has 0 aromatic carbocycles. The molecular formula is C8H8F4S. The predicted molar refractivity (Wildman–Crippen MR) is 47.2 cm³/mol. The molecule has 0 saturated carbocycles. The van der Waals surface area contributed by atoms with Gasteiger partial charge in [-0.2, -0.15) is 0 Å². The highest BCUT2D eigenvalue weighted by Gasteiger charge is 2.13. The molecule has 74 valence electrons. The number of alkyl halides is 1. The highest BCUT2D eigenvalue weighted by atomic mass is 32.1. The van der Waals surface area contributed by atoms with E-state index in [1.54, 1.807) is 0 Å². The molecule has 0 aliphatic heterocycles. The fourth-order valence-corrected chi connectivity index (χ4v) is 0.567. The Hall–Kier alpha value is -0.710.